The van der Waals surface area contributed by atoms with Crippen LogP contribution in [-0.2, 0) is 16.4 Å². The Kier molecular flexibility index (Phi) is 6.41. The maximum absolute atomic E-state index is 13.3. The van der Waals surface area contributed by atoms with Gasteiger partial charge in [-0.3, -0.25) is 9.10 Å². The summed E-state index contributed by atoms with van der Waals surface area (Å²) in [6, 6.07) is 19.2. The Morgan fingerprint density at radius 1 is 1.03 bits per heavy atom. The first-order valence-corrected chi connectivity index (χ1v) is 11.8. The van der Waals surface area contributed by atoms with Crippen LogP contribution in [0.1, 0.15) is 22.3 Å². The molecule has 0 radical (unpaired) electrons. The van der Waals surface area contributed by atoms with Gasteiger partial charge in [0.2, 0.25) is 0 Å². The highest BCUT2D eigenvalue weighted by molar-refractivity contribution is 7.92. The van der Waals surface area contributed by atoms with Crippen LogP contribution < -0.4 is 14.4 Å². The number of aryl methyl sites for hydroxylation is 1. The number of sulfonamides is 1. The summed E-state index contributed by atoms with van der Waals surface area (Å²) in [5.41, 5.74) is 1.92. The smallest absolute Gasteiger partial charge is 0.264 e. The maximum Gasteiger partial charge on any atom is 0.264 e. The number of rotatable bonds is 7. The molecule has 0 aromatic heterocycles. The molecule has 0 bridgehead atoms. The summed E-state index contributed by atoms with van der Waals surface area (Å²) in [6.07, 6.45) is 1.57. The fraction of sp³-hybridized carbons (Fsp3) is 0.208. The van der Waals surface area contributed by atoms with Crippen LogP contribution >= 0.6 is 0 Å². The number of hydrogen-bond acceptors (Lipinski definition) is 4. The monoisotopic (exact) mass is 454 g/mol. The standard InChI is InChI=1S/C24H23FN2O4S/c25-20-9-4-10-21(17-20)31-15-13-26-24(28)19-7-3-11-22(16-19)32(29,30)27-14-5-8-18-6-1-2-12-23(18)27/h1-4,6-7,9-12,16-17H,5,8,13-15H2,(H,26,28). The predicted octanol–water partition coefficient (Wildman–Crippen LogP) is 3.78. The number of nitrogens with zero attached hydrogens (tertiary/aromatic N) is 1. The summed E-state index contributed by atoms with van der Waals surface area (Å²) in [5, 5.41) is 2.69. The molecular formula is C24H23FN2O4S. The molecule has 1 heterocycles. The van der Waals surface area contributed by atoms with E-state index in [-0.39, 0.29) is 23.6 Å². The van der Waals surface area contributed by atoms with Crippen LogP contribution in [0.5, 0.6) is 5.75 Å². The van der Waals surface area contributed by atoms with E-state index in [9.17, 15) is 17.6 Å². The Morgan fingerprint density at radius 3 is 2.69 bits per heavy atom. The predicted molar refractivity (Wildman–Crippen MR) is 120 cm³/mol. The van der Waals surface area contributed by atoms with Crippen LogP contribution in [-0.4, -0.2) is 34.0 Å². The SMILES string of the molecule is O=C(NCCOc1cccc(F)c1)c1cccc(S(=O)(=O)N2CCCc3ccccc32)c1. The summed E-state index contributed by atoms with van der Waals surface area (Å²) in [5.74, 6) is -0.445. The molecule has 1 N–H and O–H groups in total. The first kappa shape index (κ1) is 21.8. The molecule has 8 heteroatoms. The zero-order valence-electron chi connectivity index (χ0n) is 17.3. The van der Waals surface area contributed by atoms with Gasteiger partial charge in [0.1, 0.15) is 18.2 Å². The average Bonchev–Trinajstić information content (AvgIpc) is 2.81. The van der Waals surface area contributed by atoms with E-state index in [1.165, 1.54) is 34.6 Å². The van der Waals surface area contributed by atoms with E-state index in [2.05, 4.69) is 5.32 Å². The molecule has 0 aliphatic carbocycles. The molecule has 1 amide bonds. The van der Waals surface area contributed by atoms with Crippen LogP contribution in [0, 0.1) is 5.82 Å². The second-order valence-corrected chi connectivity index (χ2v) is 9.26. The van der Waals surface area contributed by atoms with Crippen molar-refractivity contribution in [1.82, 2.24) is 5.32 Å². The molecular weight excluding hydrogens is 431 g/mol. The number of para-hydroxylation sites is 1. The number of amides is 1. The van der Waals surface area contributed by atoms with E-state index >= 15 is 0 Å². The molecule has 3 aromatic rings. The van der Waals surface area contributed by atoms with Gasteiger partial charge in [-0.1, -0.05) is 30.3 Å². The second-order valence-electron chi connectivity index (χ2n) is 7.40. The van der Waals surface area contributed by atoms with Crippen molar-refractivity contribution in [2.75, 3.05) is 24.0 Å². The van der Waals surface area contributed by atoms with Gasteiger partial charge in [-0.05, 0) is 54.8 Å². The summed E-state index contributed by atoms with van der Waals surface area (Å²) < 4.78 is 46.6. The minimum absolute atomic E-state index is 0.0675. The van der Waals surface area contributed by atoms with Crippen LogP contribution in [0.2, 0.25) is 0 Å². The molecule has 0 unspecified atom stereocenters. The van der Waals surface area contributed by atoms with Crippen molar-refractivity contribution in [3.63, 3.8) is 0 Å². The summed E-state index contributed by atoms with van der Waals surface area (Å²) >= 11 is 0. The van der Waals surface area contributed by atoms with Crippen molar-refractivity contribution in [3.8, 4) is 5.75 Å². The van der Waals surface area contributed by atoms with Gasteiger partial charge < -0.3 is 10.1 Å². The Bertz CT molecular complexity index is 1230. The molecule has 0 saturated heterocycles. The lowest BCUT2D eigenvalue weighted by molar-refractivity contribution is 0.0946. The molecule has 4 rings (SSSR count). The molecule has 0 spiro atoms. The number of carbonyl (C=O) groups excluding carboxylic acids is 1. The number of ether oxygens (including phenoxy) is 1. The van der Waals surface area contributed by atoms with Gasteiger partial charge in [0, 0.05) is 18.2 Å². The van der Waals surface area contributed by atoms with Gasteiger partial charge in [-0.25, -0.2) is 12.8 Å². The summed E-state index contributed by atoms with van der Waals surface area (Å²) in [4.78, 5) is 12.6. The lowest BCUT2D eigenvalue weighted by Crippen LogP contribution is -2.35. The average molecular weight is 455 g/mol. The van der Waals surface area contributed by atoms with E-state index in [0.717, 1.165) is 18.4 Å². The van der Waals surface area contributed by atoms with E-state index in [0.29, 0.717) is 18.0 Å². The third-order valence-electron chi connectivity index (χ3n) is 5.20. The second kappa shape index (κ2) is 9.40. The van der Waals surface area contributed by atoms with E-state index in [1.54, 1.807) is 24.3 Å². The fourth-order valence-electron chi connectivity index (χ4n) is 3.67. The van der Waals surface area contributed by atoms with E-state index in [1.807, 2.05) is 18.2 Å². The minimum atomic E-state index is -3.80. The van der Waals surface area contributed by atoms with Crippen molar-refractivity contribution in [2.45, 2.75) is 17.7 Å². The van der Waals surface area contributed by atoms with Crippen LogP contribution in [0.25, 0.3) is 0 Å². The lowest BCUT2D eigenvalue weighted by Gasteiger charge is -2.30. The number of carbonyl (C=O) groups is 1. The van der Waals surface area contributed by atoms with E-state index < -0.39 is 21.7 Å². The number of fused-ring (bicyclic) bond motifs is 1. The fourth-order valence-corrected chi connectivity index (χ4v) is 5.25. The van der Waals surface area contributed by atoms with Crippen molar-refractivity contribution < 1.29 is 22.3 Å². The lowest BCUT2D eigenvalue weighted by atomic mass is 10.0. The van der Waals surface area contributed by atoms with Gasteiger partial charge in [0.25, 0.3) is 15.9 Å². The highest BCUT2D eigenvalue weighted by Crippen LogP contribution is 2.31. The molecule has 1 aliphatic heterocycles. The van der Waals surface area contributed by atoms with Crippen molar-refractivity contribution in [2.24, 2.45) is 0 Å². The first-order valence-electron chi connectivity index (χ1n) is 10.3. The summed E-state index contributed by atoms with van der Waals surface area (Å²) in [6.45, 7) is 0.733. The van der Waals surface area contributed by atoms with E-state index in [4.69, 9.17) is 4.74 Å². The van der Waals surface area contributed by atoms with Gasteiger partial charge in [0.15, 0.2) is 0 Å². The number of hydrogen-bond donors (Lipinski definition) is 1. The quantitative estimate of drug-likeness (QED) is 0.552. The Hall–Kier alpha value is -3.39. The molecule has 166 valence electrons. The molecule has 0 fully saturated rings. The number of benzene rings is 3. The van der Waals surface area contributed by atoms with Gasteiger partial charge in [-0.2, -0.15) is 0 Å². The molecule has 32 heavy (non-hydrogen) atoms. The van der Waals surface area contributed by atoms with Crippen LogP contribution in [0.4, 0.5) is 10.1 Å². The third-order valence-corrected chi connectivity index (χ3v) is 7.01. The largest absolute Gasteiger partial charge is 0.492 e. The van der Waals surface area contributed by atoms with Gasteiger partial charge >= 0.3 is 0 Å². The zero-order valence-corrected chi connectivity index (χ0v) is 18.1. The highest BCUT2D eigenvalue weighted by Gasteiger charge is 2.29. The topological polar surface area (TPSA) is 75.7 Å². The molecule has 3 aromatic carbocycles. The highest BCUT2D eigenvalue weighted by atomic mass is 32.2. The van der Waals surface area contributed by atoms with Crippen LogP contribution in [0.15, 0.2) is 77.7 Å². The van der Waals surface area contributed by atoms with Gasteiger partial charge in [-0.15, -0.1) is 0 Å². The normalized spacial score (nSPS) is 13.3. The third kappa shape index (κ3) is 4.75. The van der Waals surface area contributed by atoms with Gasteiger partial charge in [0.05, 0.1) is 17.1 Å². The van der Waals surface area contributed by atoms with Crippen molar-refractivity contribution in [1.29, 1.82) is 0 Å². The molecule has 0 atom stereocenters. The number of anilines is 1. The molecule has 6 nitrogen and oxygen atoms in total. The Labute approximate surface area is 186 Å². The minimum Gasteiger partial charge on any atom is -0.492 e. The number of halogens is 1. The Morgan fingerprint density at radius 2 is 1.84 bits per heavy atom. The first-order chi connectivity index (χ1) is 15.4. The van der Waals surface area contributed by atoms with Crippen LogP contribution in [0.3, 0.4) is 0 Å². The maximum atomic E-state index is 13.3. The Balaban J connectivity index is 1.43. The van der Waals surface area contributed by atoms with Crippen molar-refractivity contribution in [3.05, 3.63) is 89.7 Å². The van der Waals surface area contributed by atoms with Crippen molar-refractivity contribution >= 4 is 21.6 Å². The molecule has 1 aliphatic rings. The zero-order chi connectivity index (χ0) is 22.6. The summed E-state index contributed by atoms with van der Waals surface area (Å²) in [7, 11) is -3.80. The number of nitrogens with one attached hydrogen (secondary N) is 1. The molecule has 0 saturated carbocycles.